The zero-order chi connectivity index (χ0) is 6.04. The number of hydrogen-bond donors (Lipinski definition) is 0. The second-order valence-electron chi connectivity index (χ2n) is 2.56. The van der Waals surface area contributed by atoms with E-state index in [2.05, 4.69) is 13.8 Å². The van der Waals surface area contributed by atoms with Gasteiger partial charge in [-0.15, -0.1) is 0 Å². The molecule has 0 aliphatic carbocycles. The van der Waals surface area contributed by atoms with Crippen LogP contribution in [0.15, 0.2) is 24.7 Å². The van der Waals surface area contributed by atoms with Gasteiger partial charge in [0.1, 0.15) is 0 Å². The molecular weight excluding hydrogens is 100 g/mol. The largest absolute Gasteiger partial charge is 0.473 e. The minimum Gasteiger partial charge on any atom is -0.473 e. The first-order chi connectivity index (χ1) is 3.71. The zero-order valence-electron chi connectivity index (χ0n) is 5.22. The molecule has 0 fully saturated rings. The Morgan fingerprint density at radius 3 is 1.88 bits per heavy atom. The summed E-state index contributed by atoms with van der Waals surface area (Å²) in [4.78, 5) is 0. The molecule has 0 aromatic rings. The van der Waals surface area contributed by atoms with E-state index in [0.29, 0.717) is 0 Å². The molecule has 1 heteroatoms. The van der Waals surface area contributed by atoms with Crippen LogP contribution in [-0.2, 0) is 4.74 Å². The van der Waals surface area contributed by atoms with Crippen molar-refractivity contribution in [3.05, 3.63) is 24.7 Å². The van der Waals surface area contributed by atoms with Crippen molar-refractivity contribution in [3.63, 3.8) is 0 Å². The van der Waals surface area contributed by atoms with E-state index in [1.807, 2.05) is 12.2 Å². The first-order valence-corrected chi connectivity index (χ1v) is 2.72. The van der Waals surface area contributed by atoms with Gasteiger partial charge in [-0.2, -0.15) is 0 Å². The Morgan fingerprint density at radius 2 is 1.62 bits per heavy atom. The van der Waals surface area contributed by atoms with Gasteiger partial charge in [0.05, 0.1) is 12.5 Å². The average molecular weight is 110 g/mol. The first kappa shape index (κ1) is 5.42. The summed E-state index contributed by atoms with van der Waals surface area (Å²) < 4.78 is 4.84. The van der Waals surface area contributed by atoms with Crippen molar-refractivity contribution in [2.24, 2.45) is 5.41 Å². The summed E-state index contributed by atoms with van der Waals surface area (Å²) in [6.45, 7) is 4.26. The highest BCUT2D eigenvalue weighted by Crippen LogP contribution is 2.21. The molecule has 0 spiro atoms. The van der Waals surface area contributed by atoms with Crippen LogP contribution in [0.4, 0.5) is 0 Å². The predicted molar refractivity (Wildman–Crippen MR) is 33.1 cm³/mol. The van der Waals surface area contributed by atoms with Crippen LogP contribution in [0.2, 0.25) is 0 Å². The van der Waals surface area contributed by atoms with Crippen LogP contribution in [0.1, 0.15) is 13.8 Å². The fourth-order valence-corrected chi connectivity index (χ4v) is 0.530. The van der Waals surface area contributed by atoms with E-state index in [4.69, 9.17) is 4.74 Å². The van der Waals surface area contributed by atoms with Crippen LogP contribution in [0.25, 0.3) is 0 Å². The summed E-state index contributed by atoms with van der Waals surface area (Å²) in [7, 11) is 0. The summed E-state index contributed by atoms with van der Waals surface area (Å²) in [6.07, 6.45) is 7.46. The minimum absolute atomic E-state index is 0.193. The number of hydrogen-bond acceptors (Lipinski definition) is 1. The first-order valence-electron chi connectivity index (χ1n) is 2.72. The SMILES string of the molecule is CC1(C)C=COC=C1. The third-order valence-corrected chi connectivity index (χ3v) is 1.15. The van der Waals surface area contributed by atoms with Gasteiger partial charge < -0.3 is 4.74 Å². The molecule has 1 nitrogen and oxygen atoms in total. The van der Waals surface area contributed by atoms with Crippen molar-refractivity contribution in [1.29, 1.82) is 0 Å². The fraction of sp³-hybridized carbons (Fsp3) is 0.429. The van der Waals surface area contributed by atoms with Crippen molar-refractivity contribution in [1.82, 2.24) is 0 Å². The zero-order valence-corrected chi connectivity index (χ0v) is 5.22. The predicted octanol–water partition coefficient (Wildman–Crippen LogP) is 2.07. The second-order valence-corrected chi connectivity index (χ2v) is 2.56. The van der Waals surface area contributed by atoms with Crippen molar-refractivity contribution in [2.45, 2.75) is 13.8 Å². The number of rotatable bonds is 0. The Labute approximate surface area is 49.7 Å². The molecule has 0 unspecified atom stereocenters. The third kappa shape index (κ3) is 1.12. The maximum atomic E-state index is 4.84. The van der Waals surface area contributed by atoms with Crippen LogP contribution in [0.3, 0.4) is 0 Å². The molecule has 0 saturated heterocycles. The van der Waals surface area contributed by atoms with Crippen LogP contribution in [0.5, 0.6) is 0 Å². The van der Waals surface area contributed by atoms with E-state index in [-0.39, 0.29) is 5.41 Å². The van der Waals surface area contributed by atoms with E-state index in [0.717, 1.165) is 0 Å². The highest BCUT2D eigenvalue weighted by molar-refractivity contribution is 5.07. The number of ether oxygens (including phenoxy) is 1. The highest BCUT2D eigenvalue weighted by atomic mass is 16.5. The van der Waals surface area contributed by atoms with Gasteiger partial charge in [0.2, 0.25) is 0 Å². The molecule has 0 radical (unpaired) electrons. The normalized spacial score (nSPS) is 22.8. The van der Waals surface area contributed by atoms with Crippen molar-refractivity contribution >= 4 is 0 Å². The van der Waals surface area contributed by atoms with Crippen molar-refractivity contribution in [2.75, 3.05) is 0 Å². The lowest BCUT2D eigenvalue weighted by Gasteiger charge is -2.16. The van der Waals surface area contributed by atoms with Crippen LogP contribution >= 0.6 is 0 Å². The molecule has 1 aliphatic heterocycles. The molecule has 1 heterocycles. The number of allylic oxidation sites excluding steroid dienone is 2. The molecule has 1 aliphatic rings. The molecule has 44 valence electrons. The van der Waals surface area contributed by atoms with Gasteiger partial charge in [-0.25, -0.2) is 0 Å². The molecular formula is C7H10O. The van der Waals surface area contributed by atoms with Crippen LogP contribution < -0.4 is 0 Å². The van der Waals surface area contributed by atoms with Crippen LogP contribution in [0, 0.1) is 5.41 Å². The average Bonchev–Trinajstić information content (AvgIpc) is 1.65. The van der Waals surface area contributed by atoms with E-state index < -0.39 is 0 Å². The van der Waals surface area contributed by atoms with Gasteiger partial charge >= 0.3 is 0 Å². The molecule has 0 amide bonds. The lowest BCUT2D eigenvalue weighted by Crippen LogP contribution is -2.04. The van der Waals surface area contributed by atoms with E-state index in [9.17, 15) is 0 Å². The minimum atomic E-state index is 0.193. The Kier molecular flexibility index (Phi) is 1.12. The molecule has 1 rings (SSSR count). The van der Waals surface area contributed by atoms with Gasteiger partial charge in [0, 0.05) is 5.41 Å². The summed E-state index contributed by atoms with van der Waals surface area (Å²) in [6, 6.07) is 0. The van der Waals surface area contributed by atoms with E-state index >= 15 is 0 Å². The lowest BCUT2D eigenvalue weighted by molar-refractivity contribution is 0.367. The van der Waals surface area contributed by atoms with E-state index in [1.165, 1.54) is 0 Å². The van der Waals surface area contributed by atoms with Crippen LogP contribution in [-0.4, -0.2) is 0 Å². The van der Waals surface area contributed by atoms with Crippen molar-refractivity contribution in [3.8, 4) is 0 Å². The molecule has 0 bridgehead atoms. The maximum Gasteiger partial charge on any atom is 0.0869 e. The van der Waals surface area contributed by atoms with Gasteiger partial charge in [-0.05, 0) is 12.2 Å². The Balaban J connectivity index is 2.69. The summed E-state index contributed by atoms with van der Waals surface area (Å²) in [5.41, 5.74) is 0.193. The Bertz CT molecular complexity index is 117. The smallest absolute Gasteiger partial charge is 0.0869 e. The van der Waals surface area contributed by atoms with Gasteiger partial charge in [-0.3, -0.25) is 0 Å². The summed E-state index contributed by atoms with van der Waals surface area (Å²) >= 11 is 0. The second kappa shape index (κ2) is 1.66. The molecule has 0 atom stereocenters. The monoisotopic (exact) mass is 110 g/mol. The molecule has 0 saturated carbocycles. The van der Waals surface area contributed by atoms with E-state index in [1.54, 1.807) is 12.5 Å². The molecule has 0 aromatic carbocycles. The molecule has 0 aromatic heterocycles. The highest BCUT2D eigenvalue weighted by Gasteiger charge is 2.10. The van der Waals surface area contributed by atoms with Crippen molar-refractivity contribution < 1.29 is 4.74 Å². The Hall–Kier alpha value is -0.720. The topological polar surface area (TPSA) is 9.23 Å². The molecule has 8 heavy (non-hydrogen) atoms. The van der Waals surface area contributed by atoms with Gasteiger partial charge in [-0.1, -0.05) is 13.8 Å². The van der Waals surface area contributed by atoms with Gasteiger partial charge in [0.25, 0.3) is 0 Å². The lowest BCUT2D eigenvalue weighted by atomic mass is 9.93. The maximum absolute atomic E-state index is 4.84. The Morgan fingerprint density at radius 1 is 1.12 bits per heavy atom. The summed E-state index contributed by atoms with van der Waals surface area (Å²) in [5.74, 6) is 0. The quantitative estimate of drug-likeness (QED) is 0.464. The standard InChI is InChI=1S/C7H10O/c1-7(2)3-5-8-6-4-7/h3-6H,1-2H3. The third-order valence-electron chi connectivity index (χ3n) is 1.15. The fourth-order valence-electron chi connectivity index (χ4n) is 0.530. The van der Waals surface area contributed by atoms with Gasteiger partial charge in [0.15, 0.2) is 0 Å². The summed E-state index contributed by atoms with van der Waals surface area (Å²) in [5, 5.41) is 0. The molecule has 0 N–H and O–H groups in total.